The van der Waals surface area contributed by atoms with E-state index in [2.05, 4.69) is 37.9 Å². The van der Waals surface area contributed by atoms with Crippen LogP contribution in [0, 0.1) is 11.3 Å². The molecule has 0 radical (unpaired) electrons. The summed E-state index contributed by atoms with van der Waals surface area (Å²) in [6.07, 6.45) is 5.59. The van der Waals surface area contributed by atoms with Crippen LogP contribution in [0.3, 0.4) is 0 Å². The van der Waals surface area contributed by atoms with Gasteiger partial charge in [-0.3, -0.25) is 4.98 Å². The largest absolute Gasteiger partial charge is 0.261 e. The molecule has 0 saturated carbocycles. The molecular formula is C13H19N. The van der Waals surface area contributed by atoms with Crippen molar-refractivity contribution in [3.8, 4) is 0 Å². The van der Waals surface area contributed by atoms with E-state index < -0.39 is 0 Å². The summed E-state index contributed by atoms with van der Waals surface area (Å²) < 4.78 is 0. The van der Waals surface area contributed by atoms with Gasteiger partial charge in [0.15, 0.2) is 0 Å². The molecule has 1 heteroatoms. The molecule has 1 aromatic heterocycles. The number of fused-ring (bicyclic) bond motifs is 1. The van der Waals surface area contributed by atoms with Crippen LogP contribution in [0.5, 0.6) is 0 Å². The van der Waals surface area contributed by atoms with Crippen molar-refractivity contribution in [2.75, 3.05) is 0 Å². The summed E-state index contributed by atoms with van der Waals surface area (Å²) >= 11 is 0. The lowest BCUT2D eigenvalue weighted by atomic mass is 9.71. The molecule has 2 rings (SSSR count). The standard InChI is InChI=1S/C13H19N/c1-13(2,3)11-6-7-12-10(9-11)5-4-8-14-12/h4-5,8,11H,6-7,9H2,1-3H3/t11-/m0/s1. The van der Waals surface area contributed by atoms with Crippen molar-refractivity contribution in [1.82, 2.24) is 4.98 Å². The van der Waals surface area contributed by atoms with Crippen molar-refractivity contribution < 1.29 is 0 Å². The summed E-state index contributed by atoms with van der Waals surface area (Å²) in [6.45, 7) is 7.04. The number of hydrogen-bond acceptors (Lipinski definition) is 1. The third-order valence-electron chi connectivity index (χ3n) is 3.41. The number of pyridine rings is 1. The lowest BCUT2D eigenvalue weighted by molar-refractivity contribution is 0.215. The molecule has 14 heavy (non-hydrogen) atoms. The molecule has 1 aliphatic rings. The van der Waals surface area contributed by atoms with Crippen LogP contribution in [0.1, 0.15) is 38.4 Å². The van der Waals surface area contributed by atoms with E-state index in [9.17, 15) is 0 Å². The highest BCUT2D eigenvalue weighted by atomic mass is 14.7. The van der Waals surface area contributed by atoms with Crippen LogP contribution < -0.4 is 0 Å². The average Bonchev–Trinajstić information content (AvgIpc) is 2.16. The topological polar surface area (TPSA) is 12.9 Å². The van der Waals surface area contributed by atoms with Crippen LogP contribution in [-0.2, 0) is 12.8 Å². The number of rotatable bonds is 0. The van der Waals surface area contributed by atoms with Gasteiger partial charge in [0.05, 0.1) is 0 Å². The lowest BCUT2D eigenvalue weighted by Crippen LogP contribution is -2.27. The minimum absolute atomic E-state index is 0.438. The normalized spacial score (nSPS) is 21.8. The summed E-state index contributed by atoms with van der Waals surface area (Å²) in [4.78, 5) is 4.44. The maximum Gasteiger partial charge on any atom is 0.0435 e. The van der Waals surface area contributed by atoms with Gasteiger partial charge in [0.2, 0.25) is 0 Å². The van der Waals surface area contributed by atoms with Gasteiger partial charge >= 0.3 is 0 Å². The second kappa shape index (κ2) is 3.38. The molecule has 1 aliphatic carbocycles. The van der Waals surface area contributed by atoms with Crippen LogP contribution in [0.15, 0.2) is 18.3 Å². The van der Waals surface area contributed by atoms with Crippen molar-refractivity contribution in [2.24, 2.45) is 11.3 Å². The molecule has 0 amide bonds. The molecule has 0 aromatic carbocycles. The van der Waals surface area contributed by atoms with Gasteiger partial charge in [0, 0.05) is 11.9 Å². The van der Waals surface area contributed by atoms with E-state index in [0.29, 0.717) is 5.41 Å². The fraction of sp³-hybridized carbons (Fsp3) is 0.615. The van der Waals surface area contributed by atoms with Crippen molar-refractivity contribution in [2.45, 2.75) is 40.0 Å². The fourth-order valence-electron chi connectivity index (χ4n) is 2.30. The molecule has 76 valence electrons. The summed E-state index contributed by atoms with van der Waals surface area (Å²) in [7, 11) is 0. The van der Waals surface area contributed by atoms with Crippen LogP contribution in [0.25, 0.3) is 0 Å². The predicted octanol–water partition coefficient (Wildman–Crippen LogP) is 3.23. The Morgan fingerprint density at radius 3 is 2.86 bits per heavy atom. The third-order valence-corrected chi connectivity index (χ3v) is 3.41. The highest BCUT2D eigenvalue weighted by molar-refractivity contribution is 5.23. The van der Waals surface area contributed by atoms with Gasteiger partial charge in [-0.2, -0.15) is 0 Å². The molecule has 0 spiro atoms. The Balaban J connectivity index is 2.22. The second-order valence-corrected chi connectivity index (χ2v) is 5.41. The van der Waals surface area contributed by atoms with Gasteiger partial charge < -0.3 is 0 Å². The smallest absolute Gasteiger partial charge is 0.0435 e. The van der Waals surface area contributed by atoms with E-state index >= 15 is 0 Å². The highest BCUT2D eigenvalue weighted by Crippen LogP contribution is 2.36. The van der Waals surface area contributed by atoms with E-state index in [1.54, 1.807) is 0 Å². The predicted molar refractivity (Wildman–Crippen MR) is 59.2 cm³/mol. The fourth-order valence-corrected chi connectivity index (χ4v) is 2.30. The summed E-state index contributed by atoms with van der Waals surface area (Å²) in [5.41, 5.74) is 3.24. The Kier molecular flexibility index (Phi) is 2.34. The van der Waals surface area contributed by atoms with Crippen molar-refractivity contribution in [1.29, 1.82) is 0 Å². The maximum absolute atomic E-state index is 4.44. The zero-order chi connectivity index (χ0) is 10.2. The van der Waals surface area contributed by atoms with Crippen LogP contribution in [-0.4, -0.2) is 4.98 Å². The molecule has 1 nitrogen and oxygen atoms in total. The molecule has 0 aliphatic heterocycles. The number of aromatic nitrogens is 1. The van der Waals surface area contributed by atoms with Gasteiger partial charge in [-0.05, 0) is 42.2 Å². The van der Waals surface area contributed by atoms with Crippen LogP contribution in [0.4, 0.5) is 0 Å². The zero-order valence-corrected chi connectivity index (χ0v) is 9.38. The molecule has 1 aromatic rings. The minimum atomic E-state index is 0.438. The van der Waals surface area contributed by atoms with E-state index in [0.717, 1.165) is 12.3 Å². The van der Waals surface area contributed by atoms with Crippen LogP contribution >= 0.6 is 0 Å². The van der Waals surface area contributed by atoms with E-state index in [-0.39, 0.29) is 0 Å². The second-order valence-electron chi connectivity index (χ2n) is 5.41. The first-order chi connectivity index (χ1) is 6.57. The van der Waals surface area contributed by atoms with Gasteiger partial charge in [-0.15, -0.1) is 0 Å². The molecule has 0 N–H and O–H groups in total. The van der Waals surface area contributed by atoms with Gasteiger partial charge in [0.1, 0.15) is 0 Å². The minimum Gasteiger partial charge on any atom is -0.261 e. The quantitative estimate of drug-likeness (QED) is 0.610. The Morgan fingerprint density at radius 2 is 2.14 bits per heavy atom. The Hall–Kier alpha value is -0.850. The van der Waals surface area contributed by atoms with Gasteiger partial charge in [-0.25, -0.2) is 0 Å². The van der Waals surface area contributed by atoms with Crippen molar-refractivity contribution in [3.63, 3.8) is 0 Å². The van der Waals surface area contributed by atoms with Crippen molar-refractivity contribution in [3.05, 3.63) is 29.6 Å². The highest BCUT2D eigenvalue weighted by Gasteiger charge is 2.28. The maximum atomic E-state index is 4.44. The zero-order valence-electron chi connectivity index (χ0n) is 9.38. The molecule has 0 saturated heterocycles. The van der Waals surface area contributed by atoms with E-state index in [1.807, 2.05) is 6.20 Å². The summed E-state index contributed by atoms with van der Waals surface area (Å²) in [5, 5.41) is 0. The third kappa shape index (κ3) is 1.82. The number of hydrogen-bond donors (Lipinski definition) is 0. The Bertz CT molecular complexity index is 322. The van der Waals surface area contributed by atoms with E-state index in [1.165, 1.54) is 24.1 Å². The van der Waals surface area contributed by atoms with Crippen molar-refractivity contribution >= 4 is 0 Å². The Morgan fingerprint density at radius 1 is 1.36 bits per heavy atom. The SMILES string of the molecule is CC(C)(C)[C@H]1CCc2ncccc2C1. The molecule has 1 atom stereocenters. The number of nitrogens with zero attached hydrogens (tertiary/aromatic N) is 1. The molecule has 1 heterocycles. The van der Waals surface area contributed by atoms with Gasteiger partial charge in [-0.1, -0.05) is 26.8 Å². The summed E-state index contributed by atoms with van der Waals surface area (Å²) in [6, 6.07) is 4.30. The molecular weight excluding hydrogens is 170 g/mol. The first-order valence-corrected chi connectivity index (χ1v) is 5.50. The Labute approximate surface area is 86.6 Å². The average molecular weight is 189 g/mol. The first kappa shape index (κ1) is 9.70. The monoisotopic (exact) mass is 189 g/mol. The molecule has 0 bridgehead atoms. The molecule has 0 fully saturated rings. The first-order valence-electron chi connectivity index (χ1n) is 5.50. The molecule has 0 unspecified atom stereocenters. The van der Waals surface area contributed by atoms with Gasteiger partial charge in [0.25, 0.3) is 0 Å². The number of aryl methyl sites for hydroxylation is 1. The lowest BCUT2D eigenvalue weighted by Gasteiger charge is -2.34. The van der Waals surface area contributed by atoms with E-state index in [4.69, 9.17) is 0 Å². The van der Waals surface area contributed by atoms with Crippen LogP contribution in [0.2, 0.25) is 0 Å². The summed E-state index contributed by atoms with van der Waals surface area (Å²) in [5.74, 6) is 0.819.